The molecule has 0 unspecified atom stereocenters. The molecule has 1 aromatic rings. The fraction of sp³-hybridized carbons (Fsp3) is 0.500. The lowest BCUT2D eigenvalue weighted by atomic mass is 10.2. The van der Waals surface area contributed by atoms with E-state index in [2.05, 4.69) is 18.7 Å². The van der Waals surface area contributed by atoms with Crippen LogP contribution < -0.4 is 10.6 Å². The van der Waals surface area contributed by atoms with Gasteiger partial charge in [0.25, 0.3) is 0 Å². The molecule has 0 amide bonds. The van der Waals surface area contributed by atoms with Gasteiger partial charge in [-0.2, -0.15) is 0 Å². The van der Waals surface area contributed by atoms with Crippen LogP contribution in [0.3, 0.4) is 0 Å². The highest BCUT2D eigenvalue weighted by Gasteiger charge is 2.06. The monoisotopic (exact) mass is 210 g/mol. The molecular formula is C12H19FN2. The summed E-state index contributed by atoms with van der Waals surface area (Å²) in [5, 5.41) is 0. The lowest BCUT2D eigenvalue weighted by Gasteiger charge is -2.23. The molecule has 84 valence electrons. The fourth-order valence-corrected chi connectivity index (χ4v) is 1.62. The molecule has 0 spiro atoms. The van der Waals surface area contributed by atoms with E-state index >= 15 is 0 Å². The summed E-state index contributed by atoms with van der Waals surface area (Å²) in [6, 6.07) is 5.02. The molecule has 3 heteroatoms. The van der Waals surface area contributed by atoms with E-state index in [1.54, 1.807) is 6.07 Å². The normalized spacial score (nSPS) is 10.3. The summed E-state index contributed by atoms with van der Waals surface area (Å²) < 4.78 is 13.3. The van der Waals surface area contributed by atoms with Crippen molar-refractivity contribution in [1.82, 2.24) is 0 Å². The first kappa shape index (κ1) is 11.8. The van der Waals surface area contributed by atoms with Gasteiger partial charge in [-0.15, -0.1) is 0 Å². The molecule has 0 aliphatic carbocycles. The number of nitrogen functional groups attached to an aromatic ring is 1. The molecule has 0 bridgehead atoms. The van der Waals surface area contributed by atoms with E-state index in [-0.39, 0.29) is 11.5 Å². The van der Waals surface area contributed by atoms with Crippen LogP contribution in [-0.2, 0) is 0 Å². The van der Waals surface area contributed by atoms with Gasteiger partial charge >= 0.3 is 0 Å². The number of halogens is 1. The van der Waals surface area contributed by atoms with Gasteiger partial charge < -0.3 is 10.6 Å². The van der Waals surface area contributed by atoms with E-state index in [0.29, 0.717) is 0 Å². The van der Waals surface area contributed by atoms with Gasteiger partial charge in [-0.1, -0.05) is 13.8 Å². The van der Waals surface area contributed by atoms with E-state index in [4.69, 9.17) is 5.73 Å². The first-order valence-electron chi connectivity index (χ1n) is 5.49. The zero-order valence-corrected chi connectivity index (χ0v) is 9.46. The Morgan fingerprint density at radius 2 is 1.80 bits per heavy atom. The van der Waals surface area contributed by atoms with Crippen LogP contribution in [0.1, 0.15) is 26.7 Å². The van der Waals surface area contributed by atoms with Crippen LogP contribution in [0, 0.1) is 5.82 Å². The Morgan fingerprint density at radius 1 is 1.20 bits per heavy atom. The highest BCUT2D eigenvalue weighted by Crippen LogP contribution is 2.20. The Bertz CT molecular complexity index is 306. The van der Waals surface area contributed by atoms with Gasteiger partial charge in [0.2, 0.25) is 0 Å². The Hall–Kier alpha value is -1.25. The zero-order valence-electron chi connectivity index (χ0n) is 9.46. The number of rotatable bonds is 5. The van der Waals surface area contributed by atoms with Crippen molar-refractivity contribution in [3.8, 4) is 0 Å². The fourth-order valence-electron chi connectivity index (χ4n) is 1.62. The number of benzene rings is 1. The van der Waals surface area contributed by atoms with Crippen molar-refractivity contribution in [3.63, 3.8) is 0 Å². The number of hydrogen-bond acceptors (Lipinski definition) is 2. The third-order valence-electron chi connectivity index (χ3n) is 2.34. The Kier molecular flexibility index (Phi) is 4.40. The lowest BCUT2D eigenvalue weighted by Crippen LogP contribution is -2.24. The largest absolute Gasteiger partial charge is 0.396 e. The van der Waals surface area contributed by atoms with Crippen LogP contribution in [-0.4, -0.2) is 13.1 Å². The van der Waals surface area contributed by atoms with Crippen molar-refractivity contribution in [2.45, 2.75) is 26.7 Å². The average Bonchev–Trinajstić information content (AvgIpc) is 2.22. The van der Waals surface area contributed by atoms with Crippen LogP contribution in [0.15, 0.2) is 18.2 Å². The van der Waals surface area contributed by atoms with Crippen molar-refractivity contribution in [1.29, 1.82) is 0 Å². The van der Waals surface area contributed by atoms with E-state index in [1.165, 1.54) is 6.07 Å². The van der Waals surface area contributed by atoms with Gasteiger partial charge in [0.15, 0.2) is 0 Å². The molecule has 0 aromatic heterocycles. The maximum absolute atomic E-state index is 13.3. The van der Waals surface area contributed by atoms with Crippen LogP contribution >= 0.6 is 0 Å². The SMILES string of the molecule is CCCN(CCC)c1ccc(N)c(F)c1. The molecule has 0 fully saturated rings. The molecule has 0 aliphatic heterocycles. The van der Waals surface area contributed by atoms with E-state index < -0.39 is 0 Å². The smallest absolute Gasteiger partial charge is 0.148 e. The summed E-state index contributed by atoms with van der Waals surface area (Å²) in [7, 11) is 0. The van der Waals surface area contributed by atoms with Crippen LogP contribution in [0.4, 0.5) is 15.8 Å². The van der Waals surface area contributed by atoms with Crippen molar-refractivity contribution in [2.24, 2.45) is 0 Å². The summed E-state index contributed by atoms with van der Waals surface area (Å²) in [5.74, 6) is -0.329. The van der Waals surface area contributed by atoms with Gasteiger partial charge in [-0.25, -0.2) is 4.39 Å². The highest BCUT2D eigenvalue weighted by atomic mass is 19.1. The van der Waals surface area contributed by atoms with E-state index in [0.717, 1.165) is 31.6 Å². The second-order valence-corrected chi connectivity index (χ2v) is 3.69. The van der Waals surface area contributed by atoms with Crippen molar-refractivity contribution >= 4 is 11.4 Å². The van der Waals surface area contributed by atoms with Crippen LogP contribution in [0.5, 0.6) is 0 Å². The minimum absolute atomic E-state index is 0.215. The maximum Gasteiger partial charge on any atom is 0.148 e. The van der Waals surface area contributed by atoms with Crippen LogP contribution in [0.2, 0.25) is 0 Å². The molecule has 2 nitrogen and oxygen atoms in total. The number of nitrogens with zero attached hydrogens (tertiary/aromatic N) is 1. The molecule has 0 heterocycles. The first-order valence-corrected chi connectivity index (χ1v) is 5.49. The van der Waals surface area contributed by atoms with E-state index in [9.17, 15) is 4.39 Å². The second kappa shape index (κ2) is 5.59. The second-order valence-electron chi connectivity index (χ2n) is 3.69. The maximum atomic E-state index is 13.3. The topological polar surface area (TPSA) is 29.3 Å². The third kappa shape index (κ3) is 3.11. The average molecular weight is 210 g/mol. The van der Waals surface area contributed by atoms with Gasteiger partial charge in [-0.05, 0) is 31.0 Å². The molecular weight excluding hydrogens is 191 g/mol. The quantitative estimate of drug-likeness (QED) is 0.757. The Morgan fingerprint density at radius 3 is 2.27 bits per heavy atom. The van der Waals surface area contributed by atoms with Crippen molar-refractivity contribution < 1.29 is 4.39 Å². The molecule has 0 saturated heterocycles. The third-order valence-corrected chi connectivity index (χ3v) is 2.34. The number of hydrogen-bond donors (Lipinski definition) is 1. The zero-order chi connectivity index (χ0) is 11.3. The molecule has 0 saturated carbocycles. The molecule has 15 heavy (non-hydrogen) atoms. The minimum Gasteiger partial charge on any atom is -0.396 e. The van der Waals surface area contributed by atoms with Crippen LogP contribution in [0.25, 0.3) is 0 Å². The Balaban J connectivity index is 2.85. The van der Waals surface area contributed by atoms with Gasteiger partial charge in [0.1, 0.15) is 5.82 Å². The first-order chi connectivity index (χ1) is 7.19. The molecule has 0 aliphatic rings. The van der Waals surface area contributed by atoms with Gasteiger partial charge in [0.05, 0.1) is 5.69 Å². The summed E-state index contributed by atoms with van der Waals surface area (Å²) in [5.41, 5.74) is 6.58. The van der Waals surface area contributed by atoms with Gasteiger partial charge in [0, 0.05) is 18.8 Å². The standard InChI is InChI=1S/C12H19FN2/c1-3-7-15(8-4-2)10-5-6-12(14)11(13)9-10/h5-6,9H,3-4,7-8,14H2,1-2H3. The van der Waals surface area contributed by atoms with Crippen molar-refractivity contribution in [2.75, 3.05) is 23.7 Å². The minimum atomic E-state index is -0.329. The molecule has 2 N–H and O–H groups in total. The summed E-state index contributed by atoms with van der Waals surface area (Å²) in [6.07, 6.45) is 2.12. The van der Waals surface area contributed by atoms with Gasteiger partial charge in [-0.3, -0.25) is 0 Å². The predicted molar refractivity (Wildman–Crippen MR) is 63.6 cm³/mol. The molecule has 0 atom stereocenters. The summed E-state index contributed by atoms with van der Waals surface area (Å²) in [6.45, 7) is 6.15. The Labute approximate surface area is 90.9 Å². The number of anilines is 2. The number of nitrogens with two attached hydrogens (primary N) is 1. The predicted octanol–water partition coefficient (Wildman–Crippen LogP) is 3.03. The van der Waals surface area contributed by atoms with Crippen molar-refractivity contribution in [3.05, 3.63) is 24.0 Å². The van der Waals surface area contributed by atoms with E-state index in [1.807, 2.05) is 6.07 Å². The molecule has 1 aromatic carbocycles. The lowest BCUT2D eigenvalue weighted by molar-refractivity contribution is 0.630. The highest BCUT2D eigenvalue weighted by molar-refractivity contribution is 5.54. The molecule has 0 radical (unpaired) electrons. The summed E-state index contributed by atoms with van der Waals surface area (Å²) in [4.78, 5) is 2.18. The summed E-state index contributed by atoms with van der Waals surface area (Å²) >= 11 is 0. The molecule has 1 rings (SSSR count).